The summed E-state index contributed by atoms with van der Waals surface area (Å²) in [7, 11) is -2.38. The van der Waals surface area contributed by atoms with Gasteiger partial charge in [0.2, 0.25) is 5.88 Å². The summed E-state index contributed by atoms with van der Waals surface area (Å²) < 4.78 is 13.4. The van der Waals surface area contributed by atoms with E-state index in [-0.39, 0.29) is 5.88 Å². The summed E-state index contributed by atoms with van der Waals surface area (Å²) in [6, 6.07) is 12.4. The number of nitriles is 1. The summed E-state index contributed by atoms with van der Waals surface area (Å²) in [5.74, 6) is 0.413. The van der Waals surface area contributed by atoms with Crippen LogP contribution >= 0.6 is 7.14 Å². The first kappa shape index (κ1) is 16.9. The molecule has 2 aromatic heterocycles. The van der Waals surface area contributed by atoms with Crippen molar-refractivity contribution in [3.05, 3.63) is 53.9 Å². The molecular formula is C18H17N4O2P. The van der Waals surface area contributed by atoms with Gasteiger partial charge in [0.15, 0.2) is 5.82 Å². The molecule has 0 amide bonds. The summed E-state index contributed by atoms with van der Waals surface area (Å²) >= 11 is 0. The van der Waals surface area contributed by atoms with Crippen LogP contribution in [-0.2, 0) is 4.57 Å². The van der Waals surface area contributed by atoms with Crippen LogP contribution in [0.25, 0.3) is 16.9 Å². The SMILES string of the molecule is Cc1nn(-c2ccc(P(C)(C)=O)cn2)c(O)c1-c1ccc(C#N)cc1. The molecule has 0 aliphatic rings. The van der Waals surface area contributed by atoms with E-state index in [1.165, 1.54) is 4.68 Å². The Hall–Kier alpha value is -2.90. The highest BCUT2D eigenvalue weighted by molar-refractivity contribution is 7.70. The summed E-state index contributed by atoms with van der Waals surface area (Å²) in [4.78, 5) is 4.28. The fourth-order valence-corrected chi connectivity index (χ4v) is 3.32. The fraction of sp³-hybridized carbons (Fsp3) is 0.167. The first-order valence-corrected chi connectivity index (χ1v) is 10.2. The Morgan fingerprint density at radius 3 is 2.36 bits per heavy atom. The van der Waals surface area contributed by atoms with Gasteiger partial charge in [-0.3, -0.25) is 0 Å². The Morgan fingerprint density at radius 2 is 1.84 bits per heavy atom. The van der Waals surface area contributed by atoms with Crippen LogP contribution in [0.4, 0.5) is 0 Å². The number of hydrogen-bond acceptors (Lipinski definition) is 5. The zero-order valence-electron chi connectivity index (χ0n) is 14.1. The predicted octanol–water partition coefficient (Wildman–Crippen LogP) is 3.07. The Kier molecular flexibility index (Phi) is 4.20. The van der Waals surface area contributed by atoms with Crippen LogP contribution in [0.5, 0.6) is 5.88 Å². The second-order valence-corrected chi connectivity index (χ2v) is 9.33. The lowest BCUT2D eigenvalue weighted by atomic mass is 10.0. The topological polar surface area (TPSA) is 91.8 Å². The molecule has 0 radical (unpaired) electrons. The van der Waals surface area contributed by atoms with E-state index in [4.69, 9.17) is 5.26 Å². The second kappa shape index (κ2) is 6.19. The molecule has 3 rings (SSSR count). The molecule has 0 aliphatic carbocycles. The zero-order valence-corrected chi connectivity index (χ0v) is 15.0. The van der Waals surface area contributed by atoms with Gasteiger partial charge < -0.3 is 9.67 Å². The molecule has 0 atom stereocenters. The Bertz CT molecular complexity index is 1010. The second-order valence-electron chi connectivity index (χ2n) is 6.11. The van der Waals surface area contributed by atoms with Crippen molar-refractivity contribution in [1.29, 1.82) is 5.26 Å². The minimum absolute atomic E-state index is 0.0290. The Balaban J connectivity index is 2.05. The average molecular weight is 352 g/mol. The normalized spacial score (nSPS) is 11.3. The van der Waals surface area contributed by atoms with E-state index in [0.29, 0.717) is 27.9 Å². The molecule has 25 heavy (non-hydrogen) atoms. The third-order valence-corrected chi connectivity index (χ3v) is 5.42. The molecule has 0 saturated carbocycles. The predicted molar refractivity (Wildman–Crippen MR) is 97.0 cm³/mol. The van der Waals surface area contributed by atoms with Gasteiger partial charge in [-0.05, 0) is 50.1 Å². The van der Waals surface area contributed by atoms with Crippen LogP contribution < -0.4 is 5.30 Å². The highest BCUT2D eigenvalue weighted by Gasteiger charge is 2.19. The van der Waals surface area contributed by atoms with E-state index in [2.05, 4.69) is 16.2 Å². The lowest BCUT2D eigenvalue weighted by Gasteiger charge is -2.08. The molecule has 0 bridgehead atoms. The van der Waals surface area contributed by atoms with Gasteiger partial charge in [-0.1, -0.05) is 12.1 Å². The molecule has 2 heterocycles. The molecule has 1 N–H and O–H groups in total. The molecule has 3 aromatic rings. The number of aromatic nitrogens is 3. The maximum absolute atomic E-state index is 12.1. The molecule has 126 valence electrons. The third kappa shape index (κ3) is 3.19. The standard InChI is InChI=1S/C18H17N4O2P/c1-12-17(14-6-4-13(10-19)5-7-14)18(23)22(21-12)16-9-8-15(11-20-16)25(2,3)24/h4-9,11,23H,1-3H3. The van der Waals surface area contributed by atoms with Crippen molar-refractivity contribution in [3.8, 4) is 28.9 Å². The number of rotatable bonds is 3. The fourth-order valence-electron chi connectivity index (χ4n) is 2.55. The largest absolute Gasteiger partial charge is 0.493 e. The monoisotopic (exact) mass is 352 g/mol. The first-order chi connectivity index (χ1) is 11.8. The maximum atomic E-state index is 12.1. The molecular weight excluding hydrogens is 335 g/mol. The molecule has 7 heteroatoms. The Morgan fingerprint density at radius 1 is 1.16 bits per heavy atom. The van der Waals surface area contributed by atoms with Gasteiger partial charge in [0.1, 0.15) is 7.14 Å². The number of benzene rings is 1. The smallest absolute Gasteiger partial charge is 0.223 e. The highest BCUT2D eigenvalue weighted by atomic mass is 31.2. The zero-order chi connectivity index (χ0) is 18.2. The van der Waals surface area contributed by atoms with Crippen LogP contribution in [0.15, 0.2) is 42.6 Å². The molecule has 1 aromatic carbocycles. The molecule has 0 aliphatic heterocycles. The Labute approximate surface area is 145 Å². The van der Waals surface area contributed by atoms with E-state index in [9.17, 15) is 9.67 Å². The van der Waals surface area contributed by atoms with Crippen molar-refractivity contribution >= 4 is 12.4 Å². The van der Waals surface area contributed by atoms with Crippen molar-refractivity contribution < 1.29 is 9.67 Å². The molecule has 0 fully saturated rings. The molecule has 0 saturated heterocycles. The maximum Gasteiger partial charge on any atom is 0.223 e. The summed E-state index contributed by atoms with van der Waals surface area (Å²) in [6.45, 7) is 5.16. The van der Waals surface area contributed by atoms with Crippen molar-refractivity contribution in [2.24, 2.45) is 0 Å². The van der Waals surface area contributed by atoms with Crippen molar-refractivity contribution in [1.82, 2.24) is 14.8 Å². The van der Waals surface area contributed by atoms with E-state index >= 15 is 0 Å². The number of hydrogen-bond donors (Lipinski definition) is 1. The highest BCUT2D eigenvalue weighted by Crippen LogP contribution is 2.36. The van der Waals surface area contributed by atoms with Gasteiger partial charge in [0, 0.05) is 11.5 Å². The van der Waals surface area contributed by atoms with E-state index in [1.54, 1.807) is 62.8 Å². The van der Waals surface area contributed by atoms with Crippen molar-refractivity contribution in [3.63, 3.8) is 0 Å². The lowest BCUT2D eigenvalue weighted by molar-refractivity contribution is 0.433. The van der Waals surface area contributed by atoms with Gasteiger partial charge in [-0.25, -0.2) is 4.98 Å². The minimum Gasteiger partial charge on any atom is -0.493 e. The molecule has 0 unspecified atom stereocenters. The van der Waals surface area contributed by atoms with Gasteiger partial charge in [0.25, 0.3) is 0 Å². The number of aromatic hydroxyl groups is 1. The van der Waals surface area contributed by atoms with Gasteiger partial charge in [-0.2, -0.15) is 15.0 Å². The van der Waals surface area contributed by atoms with E-state index < -0.39 is 7.14 Å². The van der Waals surface area contributed by atoms with Crippen LogP contribution in [-0.4, -0.2) is 33.2 Å². The van der Waals surface area contributed by atoms with Crippen molar-refractivity contribution in [2.75, 3.05) is 13.3 Å². The van der Waals surface area contributed by atoms with Gasteiger partial charge in [0.05, 0.1) is 22.9 Å². The summed E-state index contributed by atoms with van der Waals surface area (Å²) in [5.41, 5.74) is 2.55. The van der Waals surface area contributed by atoms with Crippen LogP contribution in [0.1, 0.15) is 11.3 Å². The van der Waals surface area contributed by atoms with E-state index in [0.717, 1.165) is 5.56 Å². The molecule has 6 nitrogen and oxygen atoms in total. The quantitative estimate of drug-likeness (QED) is 0.732. The number of nitrogens with zero attached hydrogens (tertiary/aromatic N) is 4. The lowest BCUT2D eigenvalue weighted by Crippen LogP contribution is -2.07. The number of pyridine rings is 1. The summed E-state index contributed by atoms with van der Waals surface area (Å²) in [5, 5.41) is 24.5. The van der Waals surface area contributed by atoms with Crippen molar-refractivity contribution in [2.45, 2.75) is 6.92 Å². The third-order valence-electron chi connectivity index (χ3n) is 3.91. The summed E-state index contributed by atoms with van der Waals surface area (Å²) in [6.07, 6.45) is 1.55. The average Bonchev–Trinajstić information content (AvgIpc) is 2.89. The van der Waals surface area contributed by atoms with Crippen LogP contribution in [0.2, 0.25) is 0 Å². The van der Waals surface area contributed by atoms with Crippen LogP contribution in [0, 0.1) is 18.3 Å². The first-order valence-electron chi connectivity index (χ1n) is 7.62. The van der Waals surface area contributed by atoms with Crippen LogP contribution in [0.3, 0.4) is 0 Å². The van der Waals surface area contributed by atoms with Gasteiger partial charge in [-0.15, -0.1) is 0 Å². The minimum atomic E-state index is -2.38. The number of aryl methyl sites for hydroxylation is 1. The van der Waals surface area contributed by atoms with E-state index in [1.807, 2.05) is 0 Å². The van der Waals surface area contributed by atoms with Gasteiger partial charge >= 0.3 is 0 Å². The molecule has 0 spiro atoms.